The Bertz CT molecular complexity index is 931. The number of hydrogen-bond donors (Lipinski definition) is 1. The van der Waals surface area contributed by atoms with Crippen LogP contribution < -0.4 is 5.32 Å². The van der Waals surface area contributed by atoms with Crippen molar-refractivity contribution in [1.29, 1.82) is 0 Å². The van der Waals surface area contributed by atoms with Gasteiger partial charge in [0.1, 0.15) is 5.82 Å². The van der Waals surface area contributed by atoms with Crippen molar-refractivity contribution in [1.82, 2.24) is 9.88 Å². The van der Waals surface area contributed by atoms with Crippen LogP contribution in [0.3, 0.4) is 0 Å². The van der Waals surface area contributed by atoms with Gasteiger partial charge < -0.3 is 9.88 Å². The third kappa shape index (κ3) is 4.21. The first kappa shape index (κ1) is 19.2. The van der Waals surface area contributed by atoms with Crippen LogP contribution >= 0.6 is 0 Å². The second kappa shape index (κ2) is 8.38. The molecule has 0 spiro atoms. The highest BCUT2D eigenvalue weighted by molar-refractivity contribution is 5.86. The third-order valence-corrected chi connectivity index (χ3v) is 5.20. The number of nitrogens with zero attached hydrogens (tertiary/aromatic N) is 1. The number of aromatic nitrogens is 1. The molecule has 27 heavy (non-hydrogen) atoms. The van der Waals surface area contributed by atoms with Crippen LogP contribution in [0, 0.1) is 5.82 Å². The molecule has 0 saturated carbocycles. The van der Waals surface area contributed by atoms with Crippen LogP contribution in [0.4, 0.5) is 4.39 Å². The van der Waals surface area contributed by atoms with Crippen LogP contribution in [0.1, 0.15) is 50.7 Å². The van der Waals surface area contributed by atoms with E-state index in [1.807, 2.05) is 32.0 Å². The van der Waals surface area contributed by atoms with Gasteiger partial charge in [-0.2, -0.15) is 0 Å². The summed E-state index contributed by atoms with van der Waals surface area (Å²) in [5, 5.41) is 4.16. The second-order valence-corrected chi connectivity index (χ2v) is 7.08. The summed E-state index contributed by atoms with van der Waals surface area (Å²) < 4.78 is 16.1. The van der Waals surface area contributed by atoms with Crippen LogP contribution in [-0.2, 0) is 11.3 Å². The molecule has 142 valence electrons. The lowest BCUT2D eigenvalue weighted by Crippen LogP contribution is -2.33. The minimum atomic E-state index is -0.279. The lowest BCUT2D eigenvalue weighted by Gasteiger charge is -2.19. The summed E-state index contributed by atoms with van der Waals surface area (Å²) in [6.07, 6.45) is 3.29. The predicted molar refractivity (Wildman–Crippen MR) is 108 cm³/mol. The van der Waals surface area contributed by atoms with Gasteiger partial charge in [-0.15, -0.1) is 0 Å². The molecule has 0 saturated heterocycles. The molecule has 2 aromatic carbocycles. The smallest absolute Gasteiger partial charge is 0.221 e. The highest BCUT2D eigenvalue weighted by atomic mass is 19.1. The van der Waals surface area contributed by atoms with E-state index in [4.69, 9.17) is 0 Å². The summed E-state index contributed by atoms with van der Waals surface area (Å²) >= 11 is 0. The monoisotopic (exact) mass is 366 g/mol. The number of aryl methyl sites for hydroxylation is 1. The van der Waals surface area contributed by atoms with Crippen molar-refractivity contribution >= 4 is 16.8 Å². The number of benzene rings is 2. The first-order valence-corrected chi connectivity index (χ1v) is 9.66. The van der Waals surface area contributed by atoms with Gasteiger partial charge in [0.05, 0.1) is 0 Å². The highest BCUT2D eigenvalue weighted by Crippen LogP contribution is 2.35. The van der Waals surface area contributed by atoms with Crippen molar-refractivity contribution in [3.8, 4) is 0 Å². The topological polar surface area (TPSA) is 34.0 Å². The first-order chi connectivity index (χ1) is 13.0. The maximum absolute atomic E-state index is 13.9. The molecule has 4 heteroatoms. The van der Waals surface area contributed by atoms with Crippen LogP contribution in [0.15, 0.2) is 54.7 Å². The average Bonchev–Trinajstić information content (AvgIpc) is 3.04. The third-order valence-electron chi connectivity index (χ3n) is 5.20. The lowest BCUT2D eigenvalue weighted by molar-refractivity contribution is -0.121. The molecule has 0 aliphatic heterocycles. The molecule has 0 aliphatic rings. The van der Waals surface area contributed by atoms with Gasteiger partial charge in [-0.3, -0.25) is 4.79 Å². The van der Waals surface area contributed by atoms with Gasteiger partial charge in [0.15, 0.2) is 0 Å². The van der Waals surface area contributed by atoms with Gasteiger partial charge in [-0.05, 0) is 49.6 Å². The van der Waals surface area contributed by atoms with E-state index >= 15 is 0 Å². The lowest BCUT2D eigenvalue weighted by atomic mass is 9.88. The molecule has 1 aromatic heterocycles. The Kier molecular flexibility index (Phi) is 5.94. The summed E-state index contributed by atoms with van der Waals surface area (Å²) in [6.45, 7) is 6.99. The maximum atomic E-state index is 13.9. The number of rotatable bonds is 7. The molecule has 3 rings (SSSR count). The predicted octanol–water partition coefficient (Wildman–Crippen LogP) is 5.24. The molecule has 1 N–H and O–H groups in total. The standard InChI is InChI=1S/C23H27FN2O/c1-4-16(3)25-23(27)14-20(17-9-8-10-18(24)13-17)21-15-26(5-2)22-12-7-6-11-19(21)22/h6-13,15-16,20H,4-5,14H2,1-3H3,(H,25,27)/t16-,20+/m0/s1. The van der Waals surface area contributed by atoms with E-state index < -0.39 is 0 Å². The maximum Gasteiger partial charge on any atom is 0.221 e. The van der Waals surface area contributed by atoms with Gasteiger partial charge in [0, 0.05) is 42.0 Å². The SMILES string of the molecule is CC[C@H](C)NC(=O)C[C@H](c1cccc(F)c1)c1cn(CC)c2ccccc12. The van der Waals surface area contributed by atoms with E-state index in [9.17, 15) is 9.18 Å². The van der Waals surface area contributed by atoms with Gasteiger partial charge >= 0.3 is 0 Å². The number of nitrogens with one attached hydrogen (secondary N) is 1. The molecular weight excluding hydrogens is 339 g/mol. The zero-order chi connectivity index (χ0) is 19.4. The van der Waals surface area contributed by atoms with Gasteiger partial charge in [0.2, 0.25) is 5.91 Å². The van der Waals surface area contributed by atoms with Crippen molar-refractivity contribution in [2.24, 2.45) is 0 Å². The molecule has 0 unspecified atom stereocenters. The summed E-state index contributed by atoms with van der Waals surface area (Å²) in [5.41, 5.74) is 3.03. The Hall–Kier alpha value is -2.62. The van der Waals surface area contributed by atoms with Crippen molar-refractivity contribution in [2.45, 2.75) is 52.1 Å². The van der Waals surface area contributed by atoms with E-state index in [2.05, 4.69) is 35.1 Å². The Morgan fingerprint density at radius 2 is 1.93 bits per heavy atom. The normalized spacial score (nSPS) is 13.5. The Morgan fingerprint density at radius 3 is 2.63 bits per heavy atom. The molecule has 0 radical (unpaired) electrons. The summed E-state index contributed by atoms with van der Waals surface area (Å²) in [7, 11) is 0. The van der Waals surface area contributed by atoms with Gasteiger partial charge in [0.25, 0.3) is 0 Å². The summed E-state index contributed by atoms with van der Waals surface area (Å²) in [6, 6.07) is 14.9. The van der Waals surface area contributed by atoms with E-state index in [-0.39, 0.29) is 23.7 Å². The average molecular weight is 366 g/mol. The minimum Gasteiger partial charge on any atom is -0.354 e. The fourth-order valence-corrected chi connectivity index (χ4v) is 3.57. The first-order valence-electron chi connectivity index (χ1n) is 9.66. The van der Waals surface area contributed by atoms with Crippen molar-refractivity contribution in [3.63, 3.8) is 0 Å². The zero-order valence-corrected chi connectivity index (χ0v) is 16.2. The molecule has 3 aromatic rings. The number of para-hydroxylation sites is 1. The molecule has 0 bridgehead atoms. The van der Waals surface area contributed by atoms with Crippen molar-refractivity contribution in [2.75, 3.05) is 0 Å². The number of fused-ring (bicyclic) bond motifs is 1. The second-order valence-electron chi connectivity index (χ2n) is 7.08. The number of halogens is 1. The molecule has 0 aliphatic carbocycles. The number of carbonyl (C=O) groups excluding carboxylic acids is 1. The Balaban J connectivity index is 2.06. The van der Waals surface area contributed by atoms with Crippen molar-refractivity contribution in [3.05, 3.63) is 71.7 Å². The van der Waals surface area contributed by atoms with Crippen LogP contribution in [0.2, 0.25) is 0 Å². The van der Waals surface area contributed by atoms with Gasteiger partial charge in [-0.1, -0.05) is 37.3 Å². The van der Waals surface area contributed by atoms with E-state index in [0.29, 0.717) is 6.42 Å². The largest absolute Gasteiger partial charge is 0.354 e. The molecule has 0 fully saturated rings. The van der Waals surface area contributed by atoms with Gasteiger partial charge in [-0.25, -0.2) is 4.39 Å². The van der Waals surface area contributed by atoms with E-state index in [1.165, 1.54) is 6.07 Å². The molecule has 1 amide bonds. The molecule has 2 atom stereocenters. The number of carbonyl (C=O) groups is 1. The van der Waals surface area contributed by atoms with Crippen LogP contribution in [-0.4, -0.2) is 16.5 Å². The number of hydrogen-bond acceptors (Lipinski definition) is 1. The van der Waals surface area contributed by atoms with Crippen LogP contribution in [0.5, 0.6) is 0 Å². The fraction of sp³-hybridized carbons (Fsp3) is 0.348. The van der Waals surface area contributed by atoms with E-state index in [0.717, 1.165) is 35.0 Å². The quantitative estimate of drug-likeness (QED) is 0.610. The summed E-state index contributed by atoms with van der Waals surface area (Å²) in [4.78, 5) is 12.7. The summed E-state index contributed by atoms with van der Waals surface area (Å²) in [5.74, 6) is -0.478. The fourth-order valence-electron chi connectivity index (χ4n) is 3.57. The molecule has 1 heterocycles. The Morgan fingerprint density at radius 1 is 1.15 bits per heavy atom. The minimum absolute atomic E-state index is 0.00746. The Labute approximate surface area is 160 Å². The molecule has 3 nitrogen and oxygen atoms in total. The van der Waals surface area contributed by atoms with Crippen LogP contribution in [0.25, 0.3) is 10.9 Å². The zero-order valence-electron chi connectivity index (χ0n) is 16.2. The van der Waals surface area contributed by atoms with E-state index in [1.54, 1.807) is 12.1 Å². The van der Waals surface area contributed by atoms with Crippen molar-refractivity contribution < 1.29 is 9.18 Å². The molecular formula is C23H27FN2O. The number of amides is 1. The highest BCUT2D eigenvalue weighted by Gasteiger charge is 2.23.